The molecule has 0 aliphatic carbocycles. The van der Waals surface area contributed by atoms with E-state index in [0.29, 0.717) is 0 Å². The van der Waals surface area contributed by atoms with E-state index in [4.69, 9.17) is 0 Å². The van der Waals surface area contributed by atoms with Gasteiger partial charge in [-0.25, -0.2) is 0 Å². The Balaban J connectivity index is 3.13. The van der Waals surface area contributed by atoms with E-state index in [1.807, 2.05) is 26.0 Å². The van der Waals surface area contributed by atoms with Crippen molar-refractivity contribution in [2.24, 2.45) is 0 Å². The largest absolute Gasteiger partial charge is 0.389 e. The van der Waals surface area contributed by atoms with Crippen molar-refractivity contribution < 1.29 is 5.11 Å². The predicted octanol–water partition coefficient (Wildman–Crippen LogP) is 2.36. The van der Waals surface area contributed by atoms with Gasteiger partial charge in [0, 0.05) is 0 Å². The average Bonchev–Trinajstić information content (AvgIpc) is 1.94. The molecule has 1 heteroatoms. The molecule has 1 nitrogen and oxygen atoms in total. The van der Waals surface area contributed by atoms with Gasteiger partial charge in [-0.05, 0) is 31.9 Å². The number of benzene rings is 1. The van der Waals surface area contributed by atoms with Crippen molar-refractivity contribution in [2.45, 2.75) is 26.9 Å². The molecule has 0 fully saturated rings. The Morgan fingerprint density at radius 3 is 2.36 bits per heavy atom. The molecule has 1 N–H and O–H groups in total. The van der Waals surface area contributed by atoms with Gasteiger partial charge >= 0.3 is 0 Å². The van der Waals surface area contributed by atoms with E-state index >= 15 is 0 Å². The van der Waals surface area contributed by atoms with E-state index in [2.05, 4.69) is 6.07 Å². The number of hydrogen-bond acceptors (Lipinski definition) is 1. The van der Waals surface area contributed by atoms with Crippen molar-refractivity contribution in [3.8, 4) is 0 Å². The van der Waals surface area contributed by atoms with Crippen molar-refractivity contribution in [1.82, 2.24) is 0 Å². The quantitative estimate of drug-likeness (QED) is 0.651. The summed E-state index contributed by atoms with van der Waals surface area (Å²) in [6.07, 6.45) is -0.352. The molecule has 0 saturated heterocycles. The van der Waals surface area contributed by atoms with Crippen LogP contribution >= 0.6 is 0 Å². The molecule has 11 heavy (non-hydrogen) atoms. The maximum absolute atomic E-state index is 9.33. The summed E-state index contributed by atoms with van der Waals surface area (Å²) in [6, 6.07) is 6.12. The van der Waals surface area contributed by atoms with Gasteiger partial charge in [0.1, 0.15) is 0 Å². The van der Waals surface area contributed by atoms with Crippen molar-refractivity contribution in [3.63, 3.8) is 0 Å². The summed E-state index contributed by atoms with van der Waals surface area (Å²) in [5, 5.41) is 9.33. The van der Waals surface area contributed by atoms with E-state index < -0.39 is 0 Å². The number of aliphatic hydroxyl groups is 1. The number of hydrogen-bond donors (Lipinski definition) is 1. The number of rotatable bonds is 1. The van der Waals surface area contributed by atoms with Crippen molar-refractivity contribution >= 4 is 0 Å². The Morgan fingerprint density at radius 2 is 1.91 bits per heavy atom. The highest BCUT2D eigenvalue weighted by molar-refractivity contribution is 5.31. The van der Waals surface area contributed by atoms with Crippen LogP contribution in [-0.4, -0.2) is 5.11 Å². The van der Waals surface area contributed by atoms with Crippen LogP contribution in [0.2, 0.25) is 0 Å². The third-order valence-corrected chi connectivity index (χ3v) is 1.88. The predicted molar refractivity (Wildman–Crippen MR) is 46.5 cm³/mol. The highest BCUT2D eigenvalue weighted by Crippen LogP contribution is 2.17. The summed E-state index contributed by atoms with van der Waals surface area (Å²) >= 11 is 0. The molecular formula is C10H14O. The van der Waals surface area contributed by atoms with Crippen molar-refractivity contribution in [1.29, 1.82) is 0 Å². The van der Waals surface area contributed by atoms with E-state index in [-0.39, 0.29) is 6.10 Å². The Kier molecular flexibility index (Phi) is 2.30. The lowest BCUT2D eigenvalue weighted by Crippen LogP contribution is -1.94. The van der Waals surface area contributed by atoms with Gasteiger partial charge < -0.3 is 5.11 Å². The maximum atomic E-state index is 9.33. The van der Waals surface area contributed by atoms with E-state index in [1.165, 1.54) is 5.56 Å². The molecule has 0 aliphatic rings. The molecule has 0 aliphatic heterocycles. The van der Waals surface area contributed by atoms with Gasteiger partial charge in [-0.1, -0.05) is 23.8 Å². The molecule has 0 heterocycles. The van der Waals surface area contributed by atoms with E-state index in [0.717, 1.165) is 11.1 Å². The van der Waals surface area contributed by atoms with Gasteiger partial charge in [0.15, 0.2) is 0 Å². The molecule has 0 radical (unpaired) electrons. The van der Waals surface area contributed by atoms with Gasteiger partial charge in [0.2, 0.25) is 0 Å². The molecule has 1 atom stereocenters. The van der Waals surface area contributed by atoms with Crippen molar-refractivity contribution in [2.75, 3.05) is 0 Å². The van der Waals surface area contributed by atoms with Crippen LogP contribution in [0, 0.1) is 13.8 Å². The minimum absolute atomic E-state index is 0.352. The molecule has 0 aromatic heterocycles. The maximum Gasteiger partial charge on any atom is 0.0764 e. The fourth-order valence-corrected chi connectivity index (χ4v) is 1.21. The summed E-state index contributed by atoms with van der Waals surface area (Å²) < 4.78 is 0. The van der Waals surface area contributed by atoms with Gasteiger partial charge in [-0.2, -0.15) is 0 Å². The number of aliphatic hydroxyl groups excluding tert-OH is 1. The van der Waals surface area contributed by atoms with Crippen LogP contribution in [0.1, 0.15) is 29.7 Å². The Morgan fingerprint density at radius 1 is 1.27 bits per heavy atom. The molecule has 0 amide bonds. The van der Waals surface area contributed by atoms with Crippen molar-refractivity contribution in [3.05, 3.63) is 34.9 Å². The Bertz CT molecular complexity index is 251. The first-order valence-corrected chi connectivity index (χ1v) is 3.86. The smallest absolute Gasteiger partial charge is 0.0764 e. The standard InChI is InChI=1S/C10H14O/c1-7-4-5-8(2)10(6-7)9(3)11/h4-6,9,11H,1-3H3/t9-/m1/s1. The summed E-state index contributed by atoms with van der Waals surface area (Å²) in [7, 11) is 0. The fraction of sp³-hybridized carbons (Fsp3) is 0.400. The van der Waals surface area contributed by atoms with Crippen LogP contribution in [0.3, 0.4) is 0 Å². The summed E-state index contributed by atoms with van der Waals surface area (Å²) in [5.41, 5.74) is 3.39. The SMILES string of the molecule is Cc1ccc(C)c([C@@H](C)O)c1. The molecule has 0 saturated carbocycles. The molecule has 0 unspecified atom stereocenters. The minimum atomic E-state index is -0.352. The lowest BCUT2D eigenvalue weighted by molar-refractivity contribution is 0.198. The zero-order chi connectivity index (χ0) is 8.43. The average molecular weight is 150 g/mol. The lowest BCUT2D eigenvalue weighted by Gasteiger charge is -2.08. The Hall–Kier alpha value is -0.820. The zero-order valence-electron chi connectivity index (χ0n) is 7.26. The summed E-state index contributed by atoms with van der Waals surface area (Å²) in [6.45, 7) is 5.84. The Labute approximate surface area is 67.7 Å². The molecule has 1 aromatic rings. The lowest BCUT2D eigenvalue weighted by atomic mass is 10.0. The van der Waals surface area contributed by atoms with Gasteiger partial charge in [-0.3, -0.25) is 0 Å². The van der Waals surface area contributed by atoms with Crippen LogP contribution in [0.15, 0.2) is 18.2 Å². The van der Waals surface area contributed by atoms with Crippen LogP contribution in [0.25, 0.3) is 0 Å². The fourth-order valence-electron chi connectivity index (χ4n) is 1.21. The molecule has 1 aromatic carbocycles. The first kappa shape index (κ1) is 8.28. The molecule has 60 valence electrons. The zero-order valence-corrected chi connectivity index (χ0v) is 7.26. The minimum Gasteiger partial charge on any atom is -0.389 e. The highest BCUT2D eigenvalue weighted by Gasteiger charge is 2.03. The second kappa shape index (κ2) is 3.05. The van der Waals surface area contributed by atoms with E-state index in [9.17, 15) is 5.11 Å². The molecule has 1 rings (SSSR count). The van der Waals surface area contributed by atoms with Crippen LogP contribution < -0.4 is 0 Å². The third kappa shape index (κ3) is 1.81. The van der Waals surface area contributed by atoms with Crippen LogP contribution in [0.4, 0.5) is 0 Å². The van der Waals surface area contributed by atoms with Gasteiger partial charge in [0.05, 0.1) is 6.10 Å². The van der Waals surface area contributed by atoms with Crippen LogP contribution in [-0.2, 0) is 0 Å². The normalized spacial score (nSPS) is 13.1. The first-order valence-electron chi connectivity index (χ1n) is 3.86. The van der Waals surface area contributed by atoms with E-state index in [1.54, 1.807) is 6.92 Å². The monoisotopic (exact) mass is 150 g/mol. The summed E-state index contributed by atoms with van der Waals surface area (Å²) in [4.78, 5) is 0. The first-order chi connectivity index (χ1) is 5.11. The second-order valence-electron chi connectivity index (χ2n) is 3.04. The topological polar surface area (TPSA) is 20.2 Å². The number of aryl methyl sites for hydroxylation is 2. The molecule has 0 bridgehead atoms. The second-order valence-corrected chi connectivity index (χ2v) is 3.04. The van der Waals surface area contributed by atoms with Crippen LogP contribution in [0.5, 0.6) is 0 Å². The highest BCUT2D eigenvalue weighted by atomic mass is 16.3. The molecular weight excluding hydrogens is 136 g/mol. The van der Waals surface area contributed by atoms with Gasteiger partial charge in [0.25, 0.3) is 0 Å². The molecule has 0 spiro atoms. The summed E-state index contributed by atoms with van der Waals surface area (Å²) in [5.74, 6) is 0. The third-order valence-electron chi connectivity index (χ3n) is 1.88. The van der Waals surface area contributed by atoms with Gasteiger partial charge in [-0.15, -0.1) is 0 Å².